The predicted molar refractivity (Wildman–Crippen MR) is 161 cm³/mol. The Morgan fingerprint density at radius 1 is 0.900 bits per heavy atom. The molecule has 0 aliphatic carbocycles. The van der Waals surface area contributed by atoms with E-state index >= 15 is 0 Å². The Bertz CT molecular complexity index is 1280. The standard InChI is InChI=1S/C31H41N3O5S/c1-22-9-7-10-27(24(22)3)32-31(36)34(16-8-18-37-4)21-30(35)33(20-26-13-11-23(2)40-26)17-15-25-12-14-28(38-5)29(19-25)39-6/h7,9-14,19H,8,15-18,20-21H2,1-6H3,(H,32,36). The molecule has 3 amide bonds. The zero-order valence-corrected chi connectivity index (χ0v) is 25.2. The van der Waals surface area contributed by atoms with E-state index in [2.05, 4.69) is 24.4 Å². The van der Waals surface area contributed by atoms with E-state index in [4.69, 9.17) is 14.2 Å². The molecule has 0 saturated carbocycles. The van der Waals surface area contributed by atoms with Gasteiger partial charge < -0.3 is 29.3 Å². The van der Waals surface area contributed by atoms with Crippen molar-refractivity contribution in [1.82, 2.24) is 9.80 Å². The van der Waals surface area contributed by atoms with Crippen LogP contribution in [0.1, 0.15) is 32.9 Å². The SMILES string of the molecule is COCCCN(CC(=O)N(CCc1ccc(OC)c(OC)c1)Cc1ccc(C)s1)C(=O)Nc1cccc(C)c1C. The molecule has 3 aromatic rings. The van der Waals surface area contributed by atoms with Crippen molar-refractivity contribution in [3.05, 3.63) is 75.0 Å². The van der Waals surface area contributed by atoms with Gasteiger partial charge in [-0.2, -0.15) is 0 Å². The largest absolute Gasteiger partial charge is 0.493 e. The molecule has 40 heavy (non-hydrogen) atoms. The number of rotatable bonds is 14. The monoisotopic (exact) mass is 567 g/mol. The van der Waals surface area contributed by atoms with Gasteiger partial charge >= 0.3 is 6.03 Å². The van der Waals surface area contributed by atoms with Gasteiger partial charge in [-0.25, -0.2) is 4.79 Å². The third-order valence-electron chi connectivity index (χ3n) is 6.85. The number of ether oxygens (including phenoxy) is 3. The van der Waals surface area contributed by atoms with Gasteiger partial charge in [0.05, 0.1) is 20.8 Å². The topological polar surface area (TPSA) is 80.3 Å². The van der Waals surface area contributed by atoms with Gasteiger partial charge in [0.25, 0.3) is 0 Å². The molecule has 216 valence electrons. The molecule has 0 saturated heterocycles. The number of hydrogen-bond donors (Lipinski definition) is 1. The van der Waals surface area contributed by atoms with Gasteiger partial charge in [-0.05, 0) is 80.6 Å². The third kappa shape index (κ3) is 8.72. The Balaban J connectivity index is 1.78. The first-order valence-electron chi connectivity index (χ1n) is 13.4. The fourth-order valence-corrected chi connectivity index (χ4v) is 5.25. The predicted octanol–water partition coefficient (Wildman–Crippen LogP) is 5.83. The van der Waals surface area contributed by atoms with Crippen molar-refractivity contribution in [1.29, 1.82) is 0 Å². The lowest BCUT2D eigenvalue weighted by atomic mass is 10.1. The van der Waals surface area contributed by atoms with Crippen LogP contribution in [-0.2, 0) is 22.5 Å². The summed E-state index contributed by atoms with van der Waals surface area (Å²) in [5, 5.41) is 3.01. The van der Waals surface area contributed by atoms with E-state index in [-0.39, 0.29) is 18.5 Å². The molecule has 0 bridgehead atoms. The van der Waals surface area contributed by atoms with Gasteiger partial charge in [0, 0.05) is 42.2 Å². The summed E-state index contributed by atoms with van der Waals surface area (Å²) >= 11 is 1.67. The molecule has 0 fully saturated rings. The summed E-state index contributed by atoms with van der Waals surface area (Å²) in [6, 6.07) is 15.4. The van der Waals surface area contributed by atoms with Crippen LogP contribution >= 0.6 is 11.3 Å². The highest BCUT2D eigenvalue weighted by molar-refractivity contribution is 7.11. The highest BCUT2D eigenvalue weighted by Gasteiger charge is 2.23. The van der Waals surface area contributed by atoms with E-state index in [0.29, 0.717) is 50.6 Å². The van der Waals surface area contributed by atoms with Gasteiger partial charge in [-0.1, -0.05) is 18.2 Å². The van der Waals surface area contributed by atoms with E-state index in [1.54, 1.807) is 37.6 Å². The average molecular weight is 568 g/mol. The lowest BCUT2D eigenvalue weighted by Gasteiger charge is -2.28. The number of benzene rings is 2. The van der Waals surface area contributed by atoms with Crippen LogP contribution in [-0.4, -0.2) is 69.3 Å². The molecular formula is C31H41N3O5S. The molecule has 3 rings (SSSR count). The van der Waals surface area contributed by atoms with E-state index < -0.39 is 0 Å². The number of aryl methyl sites for hydroxylation is 2. The first kappa shape index (κ1) is 31.0. The van der Waals surface area contributed by atoms with Crippen molar-refractivity contribution >= 4 is 29.0 Å². The number of hydrogen-bond acceptors (Lipinski definition) is 6. The first-order chi connectivity index (χ1) is 19.2. The number of carbonyl (C=O) groups excluding carboxylic acids is 2. The Kier molecular flexibility index (Phi) is 11.8. The molecule has 1 N–H and O–H groups in total. The number of thiophene rings is 1. The Morgan fingerprint density at radius 3 is 2.35 bits per heavy atom. The van der Waals surface area contributed by atoms with Crippen LogP contribution in [0.25, 0.3) is 0 Å². The number of amides is 3. The van der Waals surface area contributed by atoms with Crippen molar-refractivity contribution in [3.63, 3.8) is 0 Å². The lowest BCUT2D eigenvalue weighted by molar-refractivity contribution is -0.132. The minimum Gasteiger partial charge on any atom is -0.493 e. The number of nitrogens with one attached hydrogen (secondary N) is 1. The second-order valence-electron chi connectivity index (χ2n) is 9.71. The van der Waals surface area contributed by atoms with Crippen LogP contribution in [0.15, 0.2) is 48.5 Å². The number of nitrogens with zero attached hydrogens (tertiary/aromatic N) is 2. The molecule has 0 radical (unpaired) electrons. The van der Waals surface area contributed by atoms with E-state index in [1.807, 2.05) is 55.1 Å². The fraction of sp³-hybridized carbons (Fsp3) is 0.419. The summed E-state index contributed by atoms with van der Waals surface area (Å²) in [6.07, 6.45) is 1.26. The molecule has 1 heterocycles. The molecule has 8 nitrogen and oxygen atoms in total. The molecule has 0 atom stereocenters. The highest BCUT2D eigenvalue weighted by Crippen LogP contribution is 2.28. The molecular weight excluding hydrogens is 526 g/mol. The van der Waals surface area contributed by atoms with Gasteiger partial charge in [0.1, 0.15) is 6.54 Å². The van der Waals surface area contributed by atoms with E-state index in [1.165, 1.54) is 4.88 Å². The van der Waals surface area contributed by atoms with Crippen LogP contribution in [0, 0.1) is 20.8 Å². The maximum atomic E-state index is 13.8. The molecule has 0 aliphatic rings. The maximum Gasteiger partial charge on any atom is 0.322 e. The van der Waals surface area contributed by atoms with Crippen LogP contribution in [0.5, 0.6) is 11.5 Å². The maximum absolute atomic E-state index is 13.8. The first-order valence-corrected chi connectivity index (χ1v) is 14.2. The molecule has 0 aliphatic heterocycles. The Labute approximate surface area is 241 Å². The van der Waals surface area contributed by atoms with Crippen LogP contribution in [0.4, 0.5) is 10.5 Å². The van der Waals surface area contributed by atoms with Crippen LogP contribution in [0.2, 0.25) is 0 Å². The van der Waals surface area contributed by atoms with E-state index in [0.717, 1.165) is 27.3 Å². The summed E-state index contributed by atoms with van der Waals surface area (Å²) in [7, 11) is 4.85. The average Bonchev–Trinajstić information content (AvgIpc) is 3.36. The quantitative estimate of drug-likeness (QED) is 0.248. The van der Waals surface area contributed by atoms with Crippen LogP contribution in [0.3, 0.4) is 0 Å². The third-order valence-corrected chi connectivity index (χ3v) is 7.84. The Morgan fingerprint density at radius 2 is 1.68 bits per heavy atom. The number of carbonyl (C=O) groups is 2. The summed E-state index contributed by atoms with van der Waals surface area (Å²) in [6.45, 7) is 7.88. The summed E-state index contributed by atoms with van der Waals surface area (Å²) < 4.78 is 16.0. The second kappa shape index (κ2) is 15.3. The van der Waals surface area contributed by atoms with Crippen molar-refractivity contribution < 1.29 is 23.8 Å². The zero-order chi connectivity index (χ0) is 29.1. The molecule has 2 aromatic carbocycles. The van der Waals surface area contributed by atoms with Gasteiger partial charge in [-0.15, -0.1) is 11.3 Å². The smallest absolute Gasteiger partial charge is 0.322 e. The second-order valence-corrected chi connectivity index (χ2v) is 11.1. The molecule has 1 aromatic heterocycles. The van der Waals surface area contributed by atoms with Crippen LogP contribution < -0.4 is 14.8 Å². The minimum atomic E-state index is -0.301. The molecule has 9 heteroatoms. The van der Waals surface area contributed by atoms with Gasteiger partial charge in [0.2, 0.25) is 5.91 Å². The molecule has 0 unspecified atom stereocenters. The van der Waals surface area contributed by atoms with Gasteiger partial charge in [-0.3, -0.25) is 4.79 Å². The van der Waals surface area contributed by atoms with Crippen molar-refractivity contribution in [2.45, 2.75) is 40.2 Å². The summed E-state index contributed by atoms with van der Waals surface area (Å²) in [5.41, 5.74) is 3.87. The van der Waals surface area contributed by atoms with Gasteiger partial charge in [0.15, 0.2) is 11.5 Å². The van der Waals surface area contributed by atoms with Crippen molar-refractivity contribution in [2.24, 2.45) is 0 Å². The minimum absolute atomic E-state index is 0.0310. The summed E-state index contributed by atoms with van der Waals surface area (Å²) in [5.74, 6) is 1.20. The molecule has 0 spiro atoms. The fourth-order valence-electron chi connectivity index (χ4n) is 4.35. The Hall–Kier alpha value is -3.56. The number of methoxy groups -OCH3 is 3. The normalized spacial score (nSPS) is 10.8. The zero-order valence-electron chi connectivity index (χ0n) is 24.4. The van der Waals surface area contributed by atoms with Crippen molar-refractivity contribution in [3.8, 4) is 11.5 Å². The highest BCUT2D eigenvalue weighted by atomic mass is 32.1. The summed E-state index contributed by atoms with van der Waals surface area (Å²) in [4.78, 5) is 32.8. The van der Waals surface area contributed by atoms with E-state index in [9.17, 15) is 9.59 Å². The lowest BCUT2D eigenvalue weighted by Crippen LogP contribution is -2.45. The van der Waals surface area contributed by atoms with Crippen molar-refractivity contribution in [2.75, 3.05) is 52.9 Å². The number of urea groups is 1. The number of anilines is 1.